The predicted octanol–water partition coefficient (Wildman–Crippen LogP) is 0.0674. The highest BCUT2D eigenvalue weighted by molar-refractivity contribution is 7.89. The van der Waals surface area contributed by atoms with Gasteiger partial charge in [0.25, 0.3) is 0 Å². The van der Waals surface area contributed by atoms with Gasteiger partial charge in [0, 0.05) is 19.1 Å². The van der Waals surface area contributed by atoms with E-state index in [0.29, 0.717) is 18.5 Å². The lowest BCUT2D eigenvalue weighted by atomic mass is 10.1. The molecule has 0 spiro atoms. The summed E-state index contributed by atoms with van der Waals surface area (Å²) in [6, 6.07) is 0.502. The summed E-state index contributed by atoms with van der Waals surface area (Å²) in [5.41, 5.74) is 5.34. The molecular formula is C12H21N5O2S. The van der Waals surface area contributed by atoms with Crippen molar-refractivity contribution in [3.63, 3.8) is 0 Å². The van der Waals surface area contributed by atoms with Crippen LogP contribution in [0.5, 0.6) is 0 Å². The molecule has 0 aliphatic carbocycles. The minimum absolute atomic E-state index is 0.0467. The Morgan fingerprint density at radius 1 is 1.45 bits per heavy atom. The molecule has 1 aromatic heterocycles. The molecule has 7 nitrogen and oxygen atoms in total. The van der Waals surface area contributed by atoms with Gasteiger partial charge in [-0.25, -0.2) is 23.1 Å². The second-order valence-electron chi connectivity index (χ2n) is 5.37. The maximum absolute atomic E-state index is 12.1. The number of rotatable bonds is 5. The second kappa shape index (κ2) is 6.02. The van der Waals surface area contributed by atoms with E-state index in [1.54, 1.807) is 0 Å². The summed E-state index contributed by atoms with van der Waals surface area (Å²) in [5.74, 6) is 0.411. The summed E-state index contributed by atoms with van der Waals surface area (Å²) in [7, 11) is -3.55. The summed E-state index contributed by atoms with van der Waals surface area (Å²) < 4.78 is 26.8. The summed E-state index contributed by atoms with van der Waals surface area (Å²) in [5, 5.41) is 0. The van der Waals surface area contributed by atoms with Crippen LogP contribution in [0.1, 0.15) is 20.3 Å². The van der Waals surface area contributed by atoms with Crippen LogP contribution in [0.3, 0.4) is 0 Å². The van der Waals surface area contributed by atoms with Gasteiger partial charge in [-0.15, -0.1) is 0 Å². The minimum atomic E-state index is -3.55. The number of hydrogen-bond donors (Lipinski definition) is 2. The molecule has 1 saturated heterocycles. The highest BCUT2D eigenvalue weighted by Gasteiger charge is 2.25. The quantitative estimate of drug-likeness (QED) is 0.797. The lowest BCUT2D eigenvalue weighted by Crippen LogP contribution is -2.33. The molecule has 8 heteroatoms. The number of nitrogens with one attached hydrogen (secondary N) is 1. The summed E-state index contributed by atoms with van der Waals surface area (Å²) in [6.45, 7) is 6.69. The van der Waals surface area contributed by atoms with Crippen LogP contribution in [0.25, 0.3) is 0 Å². The average molecular weight is 299 g/mol. The SMILES string of the molecule is CC(C)N1CCC(CNS(=O)(=O)c2cnc(N)nc2)C1. The molecule has 1 unspecified atom stereocenters. The first-order chi connectivity index (χ1) is 9.38. The van der Waals surface area contributed by atoms with E-state index >= 15 is 0 Å². The van der Waals surface area contributed by atoms with Crippen molar-refractivity contribution in [2.75, 3.05) is 25.4 Å². The minimum Gasteiger partial charge on any atom is -0.368 e. The average Bonchev–Trinajstić information content (AvgIpc) is 2.86. The molecule has 0 radical (unpaired) electrons. The molecule has 1 fully saturated rings. The molecule has 2 heterocycles. The third kappa shape index (κ3) is 3.65. The first-order valence-corrected chi connectivity index (χ1v) is 8.18. The number of hydrogen-bond acceptors (Lipinski definition) is 6. The number of nitrogens with zero attached hydrogens (tertiary/aromatic N) is 3. The van der Waals surface area contributed by atoms with Crippen LogP contribution in [0, 0.1) is 5.92 Å². The lowest BCUT2D eigenvalue weighted by Gasteiger charge is -2.20. The first-order valence-electron chi connectivity index (χ1n) is 6.69. The second-order valence-corrected chi connectivity index (χ2v) is 7.14. The first kappa shape index (κ1) is 15.1. The topological polar surface area (TPSA) is 101 Å². The molecule has 0 bridgehead atoms. The van der Waals surface area contributed by atoms with Gasteiger partial charge in [-0.1, -0.05) is 0 Å². The highest BCUT2D eigenvalue weighted by atomic mass is 32.2. The van der Waals surface area contributed by atoms with E-state index in [1.165, 1.54) is 12.4 Å². The van der Waals surface area contributed by atoms with E-state index in [2.05, 4.69) is 33.4 Å². The van der Waals surface area contributed by atoms with Crippen LogP contribution < -0.4 is 10.5 Å². The smallest absolute Gasteiger partial charge is 0.243 e. The lowest BCUT2D eigenvalue weighted by molar-refractivity contribution is 0.265. The standard InChI is InChI=1S/C12H21N5O2S/c1-9(2)17-4-3-10(8-17)5-16-20(18,19)11-6-14-12(13)15-7-11/h6-7,9-10,16H,3-5,8H2,1-2H3,(H2,13,14,15). The summed E-state index contributed by atoms with van der Waals surface area (Å²) in [6.07, 6.45) is 3.46. The molecule has 0 saturated carbocycles. The molecule has 0 aromatic carbocycles. The van der Waals surface area contributed by atoms with Crippen molar-refractivity contribution >= 4 is 16.0 Å². The molecule has 3 N–H and O–H groups in total. The van der Waals surface area contributed by atoms with Gasteiger partial charge >= 0.3 is 0 Å². The zero-order valence-electron chi connectivity index (χ0n) is 11.8. The van der Waals surface area contributed by atoms with Crippen molar-refractivity contribution in [1.29, 1.82) is 0 Å². The van der Waals surface area contributed by atoms with Crippen molar-refractivity contribution in [2.45, 2.75) is 31.2 Å². The molecule has 2 rings (SSSR count). The molecule has 1 atom stereocenters. The Balaban J connectivity index is 1.92. The van der Waals surface area contributed by atoms with E-state index < -0.39 is 10.0 Å². The van der Waals surface area contributed by atoms with Crippen molar-refractivity contribution in [3.8, 4) is 0 Å². The molecule has 1 aliphatic heterocycles. The zero-order valence-corrected chi connectivity index (χ0v) is 12.6. The fourth-order valence-corrected chi connectivity index (χ4v) is 3.28. The van der Waals surface area contributed by atoms with Crippen LogP contribution in [0.2, 0.25) is 0 Å². The largest absolute Gasteiger partial charge is 0.368 e. The Kier molecular flexibility index (Phi) is 4.56. The van der Waals surface area contributed by atoms with Crippen molar-refractivity contribution in [1.82, 2.24) is 19.6 Å². The number of sulfonamides is 1. The van der Waals surface area contributed by atoms with E-state index in [4.69, 9.17) is 5.73 Å². The van der Waals surface area contributed by atoms with Gasteiger partial charge in [0.15, 0.2) is 0 Å². The third-order valence-electron chi connectivity index (χ3n) is 3.57. The van der Waals surface area contributed by atoms with E-state index in [0.717, 1.165) is 19.5 Å². The molecule has 1 aromatic rings. The molecule has 0 amide bonds. The van der Waals surface area contributed by atoms with E-state index in [-0.39, 0.29) is 10.8 Å². The summed E-state index contributed by atoms with van der Waals surface area (Å²) in [4.78, 5) is 9.80. The summed E-state index contributed by atoms with van der Waals surface area (Å²) >= 11 is 0. The molecule has 112 valence electrons. The van der Waals surface area contributed by atoms with E-state index in [9.17, 15) is 8.42 Å². The van der Waals surface area contributed by atoms with Crippen LogP contribution in [-0.4, -0.2) is 49.0 Å². The number of likely N-dealkylation sites (tertiary alicyclic amines) is 1. The highest BCUT2D eigenvalue weighted by Crippen LogP contribution is 2.18. The van der Waals surface area contributed by atoms with Crippen molar-refractivity contribution < 1.29 is 8.42 Å². The van der Waals surface area contributed by atoms with Crippen LogP contribution >= 0.6 is 0 Å². The van der Waals surface area contributed by atoms with Gasteiger partial charge in [0.1, 0.15) is 4.90 Å². The molecular weight excluding hydrogens is 278 g/mol. The van der Waals surface area contributed by atoms with Crippen LogP contribution in [0.15, 0.2) is 17.3 Å². The van der Waals surface area contributed by atoms with Crippen molar-refractivity contribution in [2.24, 2.45) is 5.92 Å². The Labute approximate surface area is 119 Å². The fourth-order valence-electron chi connectivity index (χ4n) is 2.27. The number of nitrogen functional groups attached to an aromatic ring is 1. The van der Waals surface area contributed by atoms with Crippen LogP contribution in [-0.2, 0) is 10.0 Å². The van der Waals surface area contributed by atoms with Gasteiger partial charge in [0.05, 0.1) is 12.4 Å². The van der Waals surface area contributed by atoms with E-state index in [1.807, 2.05) is 0 Å². The van der Waals surface area contributed by atoms with Gasteiger partial charge in [0.2, 0.25) is 16.0 Å². The maximum Gasteiger partial charge on any atom is 0.243 e. The Morgan fingerprint density at radius 3 is 2.65 bits per heavy atom. The normalized spacial score (nSPS) is 20.6. The van der Waals surface area contributed by atoms with Gasteiger partial charge in [-0.05, 0) is 32.7 Å². The van der Waals surface area contributed by atoms with Gasteiger partial charge in [-0.3, -0.25) is 0 Å². The molecule has 20 heavy (non-hydrogen) atoms. The predicted molar refractivity (Wildman–Crippen MR) is 76.4 cm³/mol. The number of nitrogens with two attached hydrogens (primary N) is 1. The van der Waals surface area contributed by atoms with Crippen LogP contribution in [0.4, 0.5) is 5.95 Å². The number of aromatic nitrogens is 2. The van der Waals surface area contributed by atoms with Gasteiger partial charge < -0.3 is 10.6 Å². The Hall–Kier alpha value is -1.25. The number of anilines is 1. The zero-order chi connectivity index (χ0) is 14.8. The maximum atomic E-state index is 12.1. The third-order valence-corrected chi connectivity index (χ3v) is 4.95. The van der Waals surface area contributed by atoms with Gasteiger partial charge in [-0.2, -0.15) is 0 Å². The fraction of sp³-hybridized carbons (Fsp3) is 0.667. The monoisotopic (exact) mass is 299 g/mol. The Bertz CT molecular complexity index is 543. The molecule has 1 aliphatic rings. The van der Waals surface area contributed by atoms with Crippen molar-refractivity contribution in [3.05, 3.63) is 12.4 Å². The Morgan fingerprint density at radius 2 is 2.10 bits per heavy atom.